The molecule has 0 saturated heterocycles. The van der Waals surface area contributed by atoms with E-state index >= 15 is 0 Å². The van der Waals surface area contributed by atoms with Gasteiger partial charge in [0.25, 0.3) is 5.91 Å². The summed E-state index contributed by atoms with van der Waals surface area (Å²) in [5.74, 6) is -0.244. The van der Waals surface area contributed by atoms with Gasteiger partial charge in [0.2, 0.25) is 0 Å². The average molecular weight is 293 g/mol. The molecule has 116 valence electrons. The Balaban J connectivity index is 2.32. The van der Waals surface area contributed by atoms with Gasteiger partial charge in [0.15, 0.2) is 13.2 Å². The van der Waals surface area contributed by atoms with Gasteiger partial charge >= 0.3 is 5.97 Å². The van der Waals surface area contributed by atoms with Crippen LogP contribution in [0.5, 0.6) is 5.75 Å². The van der Waals surface area contributed by atoms with Gasteiger partial charge in [-0.3, -0.25) is 4.79 Å². The van der Waals surface area contributed by atoms with E-state index in [0.29, 0.717) is 5.75 Å². The molecule has 1 aromatic rings. The Morgan fingerprint density at radius 3 is 2.33 bits per heavy atom. The fourth-order valence-electron chi connectivity index (χ4n) is 1.76. The summed E-state index contributed by atoms with van der Waals surface area (Å²) in [7, 11) is 0. The first-order chi connectivity index (χ1) is 9.90. The van der Waals surface area contributed by atoms with Crippen molar-refractivity contribution in [1.82, 2.24) is 5.32 Å². The van der Waals surface area contributed by atoms with Crippen LogP contribution in [0.3, 0.4) is 0 Å². The normalized spacial score (nSPS) is 11.6. The molecule has 0 spiro atoms. The summed E-state index contributed by atoms with van der Waals surface area (Å²) in [6.45, 7) is 7.28. The SMILES string of the molecule is CC[C@@H](C)NC(=O)COC(=O)COc1cc(C)cc(C)c1. The molecule has 0 aliphatic carbocycles. The van der Waals surface area contributed by atoms with Gasteiger partial charge in [-0.1, -0.05) is 13.0 Å². The van der Waals surface area contributed by atoms with Crippen LogP contribution in [0.4, 0.5) is 0 Å². The Hall–Kier alpha value is -2.04. The third kappa shape index (κ3) is 6.79. The molecule has 5 heteroatoms. The van der Waals surface area contributed by atoms with Gasteiger partial charge in [-0.2, -0.15) is 0 Å². The van der Waals surface area contributed by atoms with E-state index in [1.54, 1.807) is 0 Å². The molecule has 0 unspecified atom stereocenters. The monoisotopic (exact) mass is 293 g/mol. The predicted molar refractivity (Wildman–Crippen MR) is 80.3 cm³/mol. The Bertz CT molecular complexity index is 479. The zero-order valence-electron chi connectivity index (χ0n) is 13.1. The van der Waals surface area contributed by atoms with Crippen molar-refractivity contribution in [3.8, 4) is 5.75 Å². The standard InChI is InChI=1S/C16H23NO4/c1-5-13(4)17-15(18)9-21-16(19)10-20-14-7-11(2)6-12(3)8-14/h6-8,13H,5,9-10H2,1-4H3,(H,17,18)/t13-/m1/s1. The molecule has 0 fully saturated rings. The second kappa shape index (κ2) is 8.29. The number of carbonyl (C=O) groups excluding carboxylic acids is 2. The molecule has 1 aromatic carbocycles. The van der Waals surface area contributed by atoms with Crippen LogP contribution in [0.25, 0.3) is 0 Å². The molecule has 21 heavy (non-hydrogen) atoms. The predicted octanol–water partition coefficient (Wildman–Crippen LogP) is 2.14. The third-order valence-electron chi connectivity index (χ3n) is 2.94. The van der Waals surface area contributed by atoms with Crippen LogP contribution in [-0.4, -0.2) is 31.1 Å². The molecule has 0 heterocycles. The van der Waals surface area contributed by atoms with E-state index in [4.69, 9.17) is 9.47 Å². The van der Waals surface area contributed by atoms with E-state index < -0.39 is 5.97 Å². The number of benzene rings is 1. The Morgan fingerprint density at radius 2 is 1.76 bits per heavy atom. The van der Waals surface area contributed by atoms with Gasteiger partial charge in [0.05, 0.1) is 0 Å². The Labute approximate surface area is 125 Å². The molecule has 0 saturated carbocycles. The van der Waals surface area contributed by atoms with Gasteiger partial charge in [-0.15, -0.1) is 0 Å². The largest absolute Gasteiger partial charge is 0.482 e. The summed E-state index contributed by atoms with van der Waals surface area (Å²) in [5.41, 5.74) is 2.12. The maximum Gasteiger partial charge on any atom is 0.344 e. The van der Waals surface area contributed by atoms with E-state index in [-0.39, 0.29) is 25.2 Å². The quantitative estimate of drug-likeness (QED) is 0.782. The molecule has 0 bridgehead atoms. The lowest BCUT2D eigenvalue weighted by Gasteiger charge is -2.12. The molecular formula is C16H23NO4. The highest BCUT2D eigenvalue weighted by Crippen LogP contribution is 2.15. The number of nitrogens with one attached hydrogen (secondary N) is 1. The minimum atomic E-state index is -0.562. The topological polar surface area (TPSA) is 64.6 Å². The highest BCUT2D eigenvalue weighted by Gasteiger charge is 2.10. The van der Waals surface area contributed by atoms with Crippen LogP contribution >= 0.6 is 0 Å². The van der Waals surface area contributed by atoms with Crippen LogP contribution < -0.4 is 10.1 Å². The van der Waals surface area contributed by atoms with Crippen molar-refractivity contribution in [3.05, 3.63) is 29.3 Å². The smallest absolute Gasteiger partial charge is 0.344 e. The van der Waals surface area contributed by atoms with Crippen molar-refractivity contribution >= 4 is 11.9 Å². The lowest BCUT2D eigenvalue weighted by molar-refractivity contribution is -0.150. The van der Waals surface area contributed by atoms with Gasteiger partial charge < -0.3 is 14.8 Å². The zero-order valence-corrected chi connectivity index (χ0v) is 13.1. The summed E-state index contributed by atoms with van der Waals surface area (Å²) >= 11 is 0. The molecule has 0 aliphatic rings. The van der Waals surface area contributed by atoms with Gasteiger partial charge in [0, 0.05) is 6.04 Å². The summed E-state index contributed by atoms with van der Waals surface area (Å²) in [5, 5.41) is 2.72. The summed E-state index contributed by atoms with van der Waals surface area (Å²) in [4.78, 5) is 23.0. The molecule has 1 rings (SSSR count). The van der Waals surface area contributed by atoms with E-state index in [0.717, 1.165) is 17.5 Å². The highest BCUT2D eigenvalue weighted by molar-refractivity contribution is 5.81. The third-order valence-corrected chi connectivity index (χ3v) is 2.94. The van der Waals surface area contributed by atoms with Crippen molar-refractivity contribution in [1.29, 1.82) is 0 Å². The lowest BCUT2D eigenvalue weighted by Crippen LogP contribution is -2.35. The maximum atomic E-state index is 11.5. The molecule has 1 N–H and O–H groups in total. The molecule has 1 atom stereocenters. The fourth-order valence-corrected chi connectivity index (χ4v) is 1.76. The second-order valence-electron chi connectivity index (χ2n) is 5.15. The van der Waals surface area contributed by atoms with E-state index in [1.807, 2.05) is 45.9 Å². The van der Waals surface area contributed by atoms with E-state index in [9.17, 15) is 9.59 Å². The van der Waals surface area contributed by atoms with Crippen molar-refractivity contribution in [2.45, 2.75) is 40.2 Å². The molecule has 1 amide bonds. The van der Waals surface area contributed by atoms with Gasteiger partial charge in [-0.25, -0.2) is 4.79 Å². The molecule has 0 aromatic heterocycles. The first-order valence-electron chi connectivity index (χ1n) is 7.06. The van der Waals surface area contributed by atoms with Crippen LogP contribution in [0, 0.1) is 13.8 Å². The summed E-state index contributed by atoms with van der Waals surface area (Å²) < 4.78 is 10.2. The van der Waals surface area contributed by atoms with Crippen molar-refractivity contribution in [2.24, 2.45) is 0 Å². The minimum Gasteiger partial charge on any atom is -0.482 e. The number of rotatable bonds is 7. The highest BCUT2D eigenvalue weighted by atomic mass is 16.6. The van der Waals surface area contributed by atoms with Crippen LogP contribution in [-0.2, 0) is 14.3 Å². The van der Waals surface area contributed by atoms with Crippen molar-refractivity contribution < 1.29 is 19.1 Å². The number of esters is 1. The van der Waals surface area contributed by atoms with Gasteiger partial charge in [-0.05, 0) is 50.5 Å². The molecular weight excluding hydrogens is 270 g/mol. The molecule has 5 nitrogen and oxygen atoms in total. The summed E-state index contributed by atoms with van der Waals surface area (Å²) in [6, 6.07) is 5.78. The Morgan fingerprint density at radius 1 is 1.14 bits per heavy atom. The second-order valence-corrected chi connectivity index (χ2v) is 5.15. The average Bonchev–Trinajstić information content (AvgIpc) is 2.41. The molecule has 0 aliphatic heterocycles. The number of ether oxygens (including phenoxy) is 2. The van der Waals surface area contributed by atoms with Crippen LogP contribution in [0.2, 0.25) is 0 Å². The maximum absolute atomic E-state index is 11.5. The summed E-state index contributed by atoms with van der Waals surface area (Å²) in [6.07, 6.45) is 0.829. The first-order valence-corrected chi connectivity index (χ1v) is 7.06. The number of aryl methyl sites for hydroxylation is 2. The minimum absolute atomic E-state index is 0.0720. The van der Waals surface area contributed by atoms with Crippen molar-refractivity contribution in [3.63, 3.8) is 0 Å². The zero-order chi connectivity index (χ0) is 15.8. The number of carbonyl (C=O) groups is 2. The molecule has 0 radical (unpaired) electrons. The Kier molecular flexibility index (Phi) is 6.72. The van der Waals surface area contributed by atoms with E-state index in [1.165, 1.54) is 0 Å². The van der Waals surface area contributed by atoms with Crippen LogP contribution in [0.1, 0.15) is 31.4 Å². The van der Waals surface area contributed by atoms with Gasteiger partial charge in [0.1, 0.15) is 5.75 Å². The van der Waals surface area contributed by atoms with Crippen LogP contribution in [0.15, 0.2) is 18.2 Å². The number of amides is 1. The number of hydrogen-bond donors (Lipinski definition) is 1. The lowest BCUT2D eigenvalue weighted by atomic mass is 10.1. The number of hydrogen-bond acceptors (Lipinski definition) is 4. The van der Waals surface area contributed by atoms with E-state index in [2.05, 4.69) is 5.32 Å². The van der Waals surface area contributed by atoms with Crippen molar-refractivity contribution in [2.75, 3.05) is 13.2 Å². The fraction of sp³-hybridized carbons (Fsp3) is 0.500. The first kappa shape index (κ1) is 17.0.